The Morgan fingerprint density at radius 3 is 0.667 bits per heavy atom. The van der Waals surface area contributed by atoms with E-state index >= 15 is 0 Å². The van der Waals surface area contributed by atoms with E-state index in [1.165, 1.54) is 0 Å². The van der Waals surface area contributed by atoms with Crippen LogP contribution >= 0.6 is 0 Å². The van der Waals surface area contributed by atoms with E-state index in [1.54, 1.807) is 0 Å². The molecule has 0 fully saturated rings. The van der Waals surface area contributed by atoms with Crippen LogP contribution in [0.2, 0.25) is 0 Å². The molecule has 0 aromatic rings. The average Bonchev–Trinajstić information content (AvgIpc) is 1.12. The number of rotatable bonds is 0. The van der Waals surface area contributed by atoms with Crippen molar-refractivity contribution in [2.45, 2.75) is 0 Å². The van der Waals surface area contributed by atoms with E-state index in [1.807, 2.05) is 0 Å². The summed E-state index contributed by atoms with van der Waals surface area (Å²) in [6.07, 6.45) is 0. The van der Waals surface area contributed by atoms with Crippen molar-refractivity contribution in [3.05, 3.63) is 0 Å². The zero-order valence-corrected chi connectivity index (χ0v) is 8.48. The van der Waals surface area contributed by atoms with Gasteiger partial charge in [-0.05, 0) is 0 Å². The van der Waals surface area contributed by atoms with Gasteiger partial charge in [0.05, 0.1) is 0 Å². The van der Waals surface area contributed by atoms with Gasteiger partial charge in [0.15, 0.2) is 0 Å². The molecule has 0 amide bonds. The fraction of sp³-hybridized carbons (Fsp3) is 0. The van der Waals surface area contributed by atoms with Gasteiger partial charge in [0.25, 0.3) is 0 Å². The Balaban J connectivity index is -0.0000000457. The fourth-order valence-electron chi connectivity index (χ4n) is 0. The van der Waals surface area contributed by atoms with Crippen LogP contribution in [0, 0.1) is 0 Å². The molecule has 0 rings (SSSR count). The number of hydrogen-bond acceptors (Lipinski definition) is 9. The summed E-state index contributed by atoms with van der Waals surface area (Å²) in [5.41, 5.74) is 0. The largest absolute Gasteiger partial charge is 4.00 e. The average molecular weight is 257 g/mol. The van der Waals surface area contributed by atoms with E-state index in [4.69, 9.17) is 35.0 Å². The first-order valence-electron chi connectivity index (χ1n) is 1.33. The molecule has 12 heavy (non-hydrogen) atoms. The van der Waals surface area contributed by atoms with Crippen molar-refractivity contribution in [3.8, 4) is 0 Å². The SMILES string of the molecule is N.O=S(=O)([O-])[O-].O=S(=O)([O-])[O-].[Ti+4]. The van der Waals surface area contributed by atoms with Crippen LogP contribution in [-0.2, 0) is 42.5 Å². The van der Waals surface area contributed by atoms with Crippen LogP contribution in [0.25, 0.3) is 0 Å². The third-order valence-corrected chi connectivity index (χ3v) is 0. The van der Waals surface area contributed by atoms with Gasteiger partial charge in [0.2, 0.25) is 0 Å². The Bertz CT molecular complexity index is 213. The van der Waals surface area contributed by atoms with E-state index in [9.17, 15) is 0 Å². The van der Waals surface area contributed by atoms with Gasteiger partial charge in [-0.25, -0.2) is 0 Å². The van der Waals surface area contributed by atoms with Crippen LogP contribution in [0.3, 0.4) is 0 Å². The molecule has 0 aliphatic rings. The summed E-state index contributed by atoms with van der Waals surface area (Å²) in [5.74, 6) is 0. The Hall–Kier alpha value is 0.414. The molecule has 12 heteroatoms. The maximum absolute atomic E-state index is 8.52. The van der Waals surface area contributed by atoms with Crippen molar-refractivity contribution in [2.24, 2.45) is 0 Å². The summed E-state index contributed by atoms with van der Waals surface area (Å²) in [7, 11) is -10.3. The topological polar surface area (TPSA) is 196 Å². The van der Waals surface area contributed by atoms with Gasteiger partial charge in [0.1, 0.15) is 0 Å². The molecular formula is H3NO8S2Ti. The van der Waals surface area contributed by atoms with Gasteiger partial charge < -0.3 is 24.4 Å². The van der Waals surface area contributed by atoms with Gasteiger partial charge in [-0.15, -0.1) is 0 Å². The molecule has 0 aromatic heterocycles. The number of hydrogen-bond donors (Lipinski definition) is 1. The van der Waals surface area contributed by atoms with Gasteiger partial charge in [0, 0.05) is 20.8 Å². The predicted octanol–water partition coefficient (Wildman–Crippen LogP) is -2.52. The first-order valence-corrected chi connectivity index (χ1v) is 4.00. The van der Waals surface area contributed by atoms with Gasteiger partial charge >= 0.3 is 21.7 Å². The molecule has 0 aromatic carbocycles. The normalized spacial score (nSPS) is 9.67. The summed E-state index contributed by atoms with van der Waals surface area (Å²) in [4.78, 5) is 0. The minimum Gasteiger partial charge on any atom is -0.759 e. The first kappa shape index (κ1) is 22.8. The molecule has 0 aliphatic carbocycles. The second-order valence-corrected chi connectivity index (χ2v) is 2.45. The Morgan fingerprint density at radius 2 is 0.667 bits per heavy atom. The fourth-order valence-corrected chi connectivity index (χ4v) is 0. The summed E-state index contributed by atoms with van der Waals surface area (Å²) in [6.45, 7) is 0. The second-order valence-electron chi connectivity index (χ2n) is 0.816. The molecule has 0 bridgehead atoms. The monoisotopic (exact) mass is 257 g/mol. The van der Waals surface area contributed by atoms with E-state index in [0.29, 0.717) is 0 Å². The first-order chi connectivity index (χ1) is 4.00. The summed E-state index contributed by atoms with van der Waals surface area (Å²) in [6, 6.07) is 0. The molecule has 72 valence electrons. The van der Waals surface area contributed by atoms with Crippen molar-refractivity contribution in [3.63, 3.8) is 0 Å². The zero-order valence-electron chi connectivity index (χ0n) is 5.29. The smallest absolute Gasteiger partial charge is 0.759 e. The van der Waals surface area contributed by atoms with Crippen LogP contribution in [0.15, 0.2) is 0 Å². The molecule has 0 spiro atoms. The van der Waals surface area contributed by atoms with Crippen molar-refractivity contribution in [2.75, 3.05) is 0 Å². The maximum Gasteiger partial charge on any atom is 4.00 e. The van der Waals surface area contributed by atoms with E-state index in [2.05, 4.69) is 0 Å². The van der Waals surface area contributed by atoms with Crippen molar-refractivity contribution in [1.29, 1.82) is 0 Å². The van der Waals surface area contributed by atoms with Crippen molar-refractivity contribution in [1.82, 2.24) is 6.15 Å². The van der Waals surface area contributed by atoms with Crippen LogP contribution in [0.1, 0.15) is 0 Å². The summed E-state index contributed by atoms with van der Waals surface area (Å²) in [5, 5.41) is 0. The van der Waals surface area contributed by atoms with Crippen LogP contribution < -0.4 is 6.15 Å². The van der Waals surface area contributed by atoms with Crippen molar-refractivity contribution < 1.29 is 56.8 Å². The van der Waals surface area contributed by atoms with Crippen LogP contribution in [-0.4, -0.2) is 35.0 Å². The molecular weight excluding hydrogens is 254 g/mol. The summed E-state index contributed by atoms with van der Waals surface area (Å²) < 4.78 is 68.2. The molecule has 0 saturated carbocycles. The predicted molar refractivity (Wildman–Crippen MR) is 26.0 cm³/mol. The van der Waals surface area contributed by atoms with Crippen LogP contribution in [0.5, 0.6) is 0 Å². The molecule has 3 N–H and O–H groups in total. The maximum atomic E-state index is 8.52. The molecule has 0 aliphatic heterocycles. The molecule has 0 heterocycles. The Labute approximate surface area is 83.8 Å². The van der Waals surface area contributed by atoms with Gasteiger partial charge in [-0.2, -0.15) is 0 Å². The van der Waals surface area contributed by atoms with Gasteiger partial charge in [-0.3, -0.25) is 16.8 Å². The molecule has 0 radical (unpaired) electrons. The zero-order chi connectivity index (χ0) is 9.00. The Morgan fingerprint density at radius 1 is 0.667 bits per heavy atom. The minimum absolute atomic E-state index is 0. The standard InChI is InChI=1S/H3N.2H2O4S.Ti/c;2*1-5(2,3)4;/h1H3;2*(H2,1,2,3,4);/q;;;+4/p-4. The minimum atomic E-state index is -5.17. The van der Waals surface area contributed by atoms with E-state index in [-0.39, 0.29) is 27.9 Å². The third kappa shape index (κ3) is 5380. The molecule has 0 atom stereocenters. The quantitative estimate of drug-likeness (QED) is 0.276. The van der Waals surface area contributed by atoms with E-state index in [0.717, 1.165) is 0 Å². The van der Waals surface area contributed by atoms with E-state index < -0.39 is 20.8 Å². The second kappa shape index (κ2) is 8.03. The van der Waals surface area contributed by atoms with Gasteiger partial charge in [-0.1, -0.05) is 0 Å². The molecule has 0 saturated heterocycles. The Kier molecular flexibility index (Phi) is 15.3. The van der Waals surface area contributed by atoms with Crippen LogP contribution in [0.4, 0.5) is 0 Å². The third-order valence-electron chi connectivity index (χ3n) is 0. The molecule has 0 unspecified atom stereocenters. The van der Waals surface area contributed by atoms with Crippen molar-refractivity contribution >= 4 is 20.8 Å². The summed E-state index contributed by atoms with van der Waals surface area (Å²) >= 11 is 0. The molecule has 9 nitrogen and oxygen atoms in total.